The number of hydroxylamine groups is 1. The van der Waals surface area contributed by atoms with E-state index in [0.29, 0.717) is 0 Å². The van der Waals surface area contributed by atoms with Gasteiger partial charge >= 0.3 is 0 Å². The fourth-order valence-electron chi connectivity index (χ4n) is 0.735. The minimum Gasteiger partial charge on any atom is -0.369 e. The van der Waals surface area contributed by atoms with Crippen molar-refractivity contribution in [3.8, 4) is 0 Å². The van der Waals surface area contributed by atoms with E-state index in [2.05, 4.69) is 5.48 Å². The maximum absolute atomic E-state index is 11.4. The second kappa shape index (κ2) is 4.61. The molecule has 15 heavy (non-hydrogen) atoms. The average molecular weight is 216 g/mol. The second-order valence-corrected chi connectivity index (χ2v) is 5.16. The van der Waals surface area contributed by atoms with Crippen LogP contribution in [0.4, 0.5) is 0 Å². The number of carbonyl (C=O) groups excluding carboxylic acids is 2. The highest BCUT2D eigenvalue weighted by molar-refractivity contribution is 5.86. The summed E-state index contributed by atoms with van der Waals surface area (Å²) in [4.78, 5) is 27.4. The minimum atomic E-state index is -0.856. The van der Waals surface area contributed by atoms with Crippen molar-refractivity contribution in [2.75, 3.05) is 0 Å². The lowest BCUT2D eigenvalue weighted by Crippen LogP contribution is -2.39. The van der Waals surface area contributed by atoms with Gasteiger partial charge in [0.15, 0.2) is 0 Å². The number of rotatable bonds is 4. The van der Waals surface area contributed by atoms with Gasteiger partial charge in [-0.25, -0.2) is 5.48 Å². The third-order valence-corrected chi connectivity index (χ3v) is 1.74. The van der Waals surface area contributed by atoms with Gasteiger partial charge in [0, 0.05) is 6.42 Å². The van der Waals surface area contributed by atoms with Crippen LogP contribution in [0.15, 0.2) is 0 Å². The van der Waals surface area contributed by atoms with Gasteiger partial charge in [0.05, 0.1) is 11.0 Å². The Morgan fingerprint density at radius 1 is 1.20 bits per heavy atom. The van der Waals surface area contributed by atoms with Crippen LogP contribution in [0.5, 0.6) is 0 Å². The maximum atomic E-state index is 11.4. The Kier molecular flexibility index (Phi) is 4.27. The predicted molar refractivity (Wildman–Crippen MR) is 56.6 cm³/mol. The van der Waals surface area contributed by atoms with Crippen LogP contribution in [-0.2, 0) is 14.4 Å². The van der Waals surface area contributed by atoms with Crippen molar-refractivity contribution in [1.29, 1.82) is 0 Å². The topological polar surface area (TPSA) is 81.4 Å². The highest BCUT2D eigenvalue weighted by Gasteiger charge is 2.28. The fraction of sp³-hybridized carbons (Fsp3) is 0.800. The standard InChI is InChI=1S/C10H20N2O3/c1-9(2,3)15-12-7(13)6-10(4,5)8(11)14/h6H2,1-5H3,(H2,11,14)(H,12,13). The van der Waals surface area contributed by atoms with Crippen LogP contribution < -0.4 is 11.2 Å². The monoisotopic (exact) mass is 216 g/mol. The molecule has 0 bridgehead atoms. The van der Waals surface area contributed by atoms with Crippen molar-refractivity contribution in [3.63, 3.8) is 0 Å². The van der Waals surface area contributed by atoms with Crippen LogP contribution in [0.3, 0.4) is 0 Å². The molecular weight excluding hydrogens is 196 g/mol. The summed E-state index contributed by atoms with van der Waals surface area (Å²) in [5.74, 6) is -0.859. The molecule has 5 nitrogen and oxygen atoms in total. The summed E-state index contributed by atoms with van der Waals surface area (Å²) >= 11 is 0. The zero-order valence-electron chi connectivity index (χ0n) is 10.0. The Bertz CT molecular complexity index is 254. The molecule has 0 aliphatic rings. The van der Waals surface area contributed by atoms with Gasteiger partial charge < -0.3 is 5.73 Å². The molecule has 0 saturated carbocycles. The van der Waals surface area contributed by atoms with Crippen LogP contribution in [0.1, 0.15) is 41.0 Å². The SMILES string of the molecule is CC(C)(C)ONC(=O)CC(C)(C)C(N)=O. The molecule has 0 radical (unpaired) electrons. The molecule has 88 valence electrons. The van der Waals surface area contributed by atoms with E-state index in [0.717, 1.165) is 0 Å². The lowest BCUT2D eigenvalue weighted by Gasteiger charge is -2.22. The van der Waals surface area contributed by atoms with Crippen molar-refractivity contribution < 1.29 is 14.4 Å². The Hall–Kier alpha value is -1.10. The van der Waals surface area contributed by atoms with E-state index < -0.39 is 16.9 Å². The summed E-state index contributed by atoms with van der Waals surface area (Å²) in [6.45, 7) is 8.67. The van der Waals surface area contributed by atoms with Gasteiger partial charge in [-0.2, -0.15) is 0 Å². The quantitative estimate of drug-likeness (QED) is 0.680. The van der Waals surface area contributed by atoms with Crippen LogP contribution in [0.2, 0.25) is 0 Å². The van der Waals surface area contributed by atoms with Crippen molar-refractivity contribution in [2.24, 2.45) is 11.1 Å². The summed E-state index contributed by atoms with van der Waals surface area (Å²) in [7, 11) is 0. The van der Waals surface area contributed by atoms with Gasteiger partial charge in [0.25, 0.3) is 0 Å². The predicted octanol–water partition coefficient (Wildman–Crippen LogP) is 0.734. The Labute approximate surface area is 90.3 Å². The molecule has 5 heteroatoms. The molecule has 0 heterocycles. The second-order valence-electron chi connectivity index (χ2n) is 5.16. The normalized spacial score (nSPS) is 12.3. The molecule has 2 amide bonds. The van der Waals surface area contributed by atoms with Crippen molar-refractivity contribution in [3.05, 3.63) is 0 Å². The molecule has 3 N–H and O–H groups in total. The van der Waals surface area contributed by atoms with Gasteiger partial charge in [-0.05, 0) is 20.8 Å². The minimum absolute atomic E-state index is 0.0123. The summed E-state index contributed by atoms with van der Waals surface area (Å²) in [5, 5.41) is 0. The lowest BCUT2D eigenvalue weighted by molar-refractivity contribution is -0.149. The number of nitrogens with two attached hydrogens (primary N) is 1. The summed E-state index contributed by atoms with van der Waals surface area (Å²) in [6.07, 6.45) is 0.0123. The fourth-order valence-corrected chi connectivity index (χ4v) is 0.735. The van der Waals surface area contributed by atoms with Crippen LogP contribution in [0, 0.1) is 5.41 Å². The molecule has 0 saturated heterocycles. The Morgan fingerprint density at radius 2 is 1.67 bits per heavy atom. The van der Waals surface area contributed by atoms with Crippen LogP contribution >= 0.6 is 0 Å². The number of carbonyl (C=O) groups is 2. The number of amides is 2. The van der Waals surface area contributed by atoms with Crippen molar-refractivity contribution in [1.82, 2.24) is 5.48 Å². The number of hydrogen-bond acceptors (Lipinski definition) is 3. The van der Waals surface area contributed by atoms with E-state index in [1.54, 1.807) is 13.8 Å². The number of hydrogen-bond donors (Lipinski definition) is 2. The summed E-state index contributed by atoms with van der Waals surface area (Å²) in [5.41, 5.74) is 6.12. The molecule has 0 aromatic carbocycles. The highest BCUT2D eigenvalue weighted by Crippen LogP contribution is 2.19. The molecule has 0 aliphatic heterocycles. The molecule has 0 spiro atoms. The molecule has 0 aromatic heterocycles. The molecule has 0 fully saturated rings. The lowest BCUT2D eigenvalue weighted by atomic mass is 9.88. The van der Waals surface area contributed by atoms with E-state index in [-0.39, 0.29) is 12.3 Å². The smallest absolute Gasteiger partial charge is 0.244 e. The number of primary amides is 1. The molecule has 0 aliphatic carbocycles. The third kappa shape index (κ3) is 6.06. The first kappa shape index (κ1) is 13.9. The van der Waals surface area contributed by atoms with Crippen molar-refractivity contribution in [2.45, 2.75) is 46.6 Å². The Morgan fingerprint density at radius 3 is 2.00 bits per heavy atom. The largest absolute Gasteiger partial charge is 0.369 e. The summed E-state index contributed by atoms with van der Waals surface area (Å²) in [6, 6.07) is 0. The zero-order valence-corrected chi connectivity index (χ0v) is 10.0. The van der Waals surface area contributed by atoms with Gasteiger partial charge in [-0.1, -0.05) is 13.8 Å². The van der Waals surface area contributed by atoms with Crippen molar-refractivity contribution >= 4 is 11.8 Å². The molecule has 0 atom stereocenters. The van der Waals surface area contributed by atoms with Gasteiger partial charge in [0.2, 0.25) is 11.8 Å². The first-order valence-corrected chi connectivity index (χ1v) is 4.81. The molecule has 0 rings (SSSR count). The van der Waals surface area contributed by atoms with Gasteiger partial charge in [-0.15, -0.1) is 0 Å². The summed E-state index contributed by atoms with van der Waals surface area (Å²) < 4.78 is 0. The first-order chi connectivity index (χ1) is 6.54. The third-order valence-electron chi connectivity index (χ3n) is 1.74. The van der Waals surface area contributed by atoms with E-state index in [4.69, 9.17) is 10.6 Å². The number of nitrogens with one attached hydrogen (secondary N) is 1. The average Bonchev–Trinajstić information content (AvgIpc) is 1.98. The van der Waals surface area contributed by atoms with E-state index in [1.807, 2.05) is 20.8 Å². The van der Waals surface area contributed by atoms with Gasteiger partial charge in [-0.3, -0.25) is 14.4 Å². The molecular formula is C10H20N2O3. The zero-order chi connectivity index (χ0) is 12.3. The highest BCUT2D eigenvalue weighted by atomic mass is 16.7. The van der Waals surface area contributed by atoms with E-state index in [1.165, 1.54) is 0 Å². The van der Waals surface area contributed by atoms with Crippen LogP contribution in [-0.4, -0.2) is 17.4 Å². The maximum Gasteiger partial charge on any atom is 0.244 e. The Balaban J connectivity index is 4.11. The van der Waals surface area contributed by atoms with E-state index >= 15 is 0 Å². The van der Waals surface area contributed by atoms with E-state index in [9.17, 15) is 9.59 Å². The van der Waals surface area contributed by atoms with Gasteiger partial charge in [0.1, 0.15) is 0 Å². The molecule has 0 unspecified atom stereocenters. The van der Waals surface area contributed by atoms with Crippen LogP contribution in [0.25, 0.3) is 0 Å². The molecule has 0 aromatic rings. The first-order valence-electron chi connectivity index (χ1n) is 4.81.